The van der Waals surface area contributed by atoms with E-state index in [1.54, 1.807) is 0 Å². The number of thioether (sulfide) groups is 1. The molecule has 0 saturated heterocycles. The summed E-state index contributed by atoms with van der Waals surface area (Å²) in [5.41, 5.74) is 0.913. The second kappa shape index (κ2) is 12.3. The molecule has 0 radical (unpaired) electrons. The minimum absolute atomic E-state index is 0.0836. The van der Waals surface area contributed by atoms with Crippen molar-refractivity contribution in [2.75, 3.05) is 27.3 Å². The first-order valence-electron chi connectivity index (χ1n) is 11.7. The van der Waals surface area contributed by atoms with Gasteiger partial charge in [-0.3, -0.25) is 4.99 Å². The number of unbranched alkanes of at least 4 members (excludes halogenated alkanes) is 2. The topological polar surface area (TPSA) is 69.5 Å². The van der Waals surface area contributed by atoms with Gasteiger partial charge >= 0.3 is 0 Å². The van der Waals surface area contributed by atoms with Crippen molar-refractivity contribution in [2.24, 2.45) is 15.3 Å². The molecule has 1 aliphatic heterocycles. The van der Waals surface area contributed by atoms with Crippen molar-refractivity contribution in [1.29, 1.82) is 0 Å². The fraction of sp³-hybridized carbons (Fsp3) is 0.913. The first kappa shape index (κ1) is 27.0. The van der Waals surface area contributed by atoms with Crippen molar-refractivity contribution in [2.45, 2.75) is 102 Å². The summed E-state index contributed by atoms with van der Waals surface area (Å²) in [6.07, 6.45) is 4.92. The standard InChI is InChI=1S/C23H43N3O3S2/c1-9-11-13-28-20-17(16(3)25-31(27)23(4,5)6)15-18-19(21(20)29-14-12-10-2)24-22(30-18)26(7)8/h17-21H,9-15H2,1-8H3/t17-,18+,19+,20-,21-,31?/m1/s1. The van der Waals surface area contributed by atoms with E-state index in [-0.39, 0.29) is 28.9 Å². The molecule has 6 nitrogen and oxygen atoms in total. The van der Waals surface area contributed by atoms with Crippen LogP contribution in [0.4, 0.5) is 0 Å². The second-order valence-electron chi connectivity index (χ2n) is 9.77. The van der Waals surface area contributed by atoms with Crippen LogP contribution in [0.3, 0.4) is 0 Å². The monoisotopic (exact) mass is 473 g/mol. The lowest BCUT2D eigenvalue weighted by atomic mass is 9.78. The highest BCUT2D eigenvalue weighted by molar-refractivity contribution is 8.14. The van der Waals surface area contributed by atoms with Gasteiger partial charge in [0.25, 0.3) is 0 Å². The van der Waals surface area contributed by atoms with Crippen LogP contribution in [-0.4, -0.2) is 75.9 Å². The third kappa shape index (κ3) is 7.36. The molecule has 1 unspecified atom stereocenters. The molecule has 1 fully saturated rings. The molecule has 1 saturated carbocycles. The molecule has 0 bridgehead atoms. The lowest BCUT2D eigenvalue weighted by Gasteiger charge is -2.42. The first-order chi connectivity index (χ1) is 14.6. The van der Waals surface area contributed by atoms with Gasteiger partial charge in [-0.25, -0.2) is 0 Å². The summed E-state index contributed by atoms with van der Waals surface area (Å²) in [5.74, 6) is 0.0836. The van der Waals surface area contributed by atoms with Gasteiger partial charge in [0.2, 0.25) is 0 Å². The molecule has 2 rings (SSSR count). The number of fused-ring (bicyclic) bond motifs is 1. The average Bonchev–Trinajstić information content (AvgIpc) is 3.12. The Morgan fingerprint density at radius 1 is 1.16 bits per heavy atom. The molecule has 31 heavy (non-hydrogen) atoms. The molecule has 180 valence electrons. The highest BCUT2D eigenvalue weighted by atomic mass is 32.2. The number of hydrogen-bond acceptors (Lipinski definition) is 7. The quantitative estimate of drug-likeness (QED) is 0.261. The van der Waals surface area contributed by atoms with Crippen LogP contribution in [0, 0.1) is 5.92 Å². The van der Waals surface area contributed by atoms with Crippen molar-refractivity contribution in [3.63, 3.8) is 0 Å². The largest absolute Gasteiger partial charge is 0.591 e. The summed E-state index contributed by atoms with van der Waals surface area (Å²) >= 11 is 0.549. The molecule has 0 spiro atoms. The van der Waals surface area contributed by atoms with Crippen LogP contribution in [0.2, 0.25) is 0 Å². The molecule has 0 aromatic carbocycles. The smallest absolute Gasteiger partial charge is 0.159 e. The van der Waals surface area contributed by atoms with Crippen LogP contribution in [0.1, 0.15) is 73.6 Å². The average molecular weight is 474 g/mol. The lowest BCUT2D eigenvalue weighted by Crippen LogP contribution is -2.55. The van der Waals surface area contributed by atoms with Crippen LogP contribution in [0.5, 0.6) is 0 Å². The second-order valence-corrected chi connectivity index (χ2v) is 12.9. The van der Waals surface area contributed by atoms with Gasteiger partial charge in [-0.15, -0.1) is 0 Å². The molecule has 6 atom stereocenters. The van der Waals surface area contributed by atoms with Crippen molar-refractivity contribution < 1.29 is 14.0 Å². The predicted octanol–water partition coefficient (Wildman–Crippen LogP) is 4.70. The van der Waals surface area contributed by atoms with Gasteiger partial charge in [-0.1, -0.05) is 42.8 Å². The molecule has 0 N–H and O–H groups in total. The van der Waals surface area contributed by atoms with E-state index >= 15 is 0 Å². The van der Waals surface area contributed by atoms with E-state index in [0.29, 0.717) is 18.5 Å². The third-order valence-electron chi connectivity index (χ3n) is 5.73. The maximum atomic E-state index is 12.8. The zero-order valence-electron chi connectivity index (χ0n) is 20.7. The van der Waals surface area contributed by atoms with E-state index in [2.05, 4.69) is 23.1 Å². The fourth-order valence-electron chi connectivity index (χ4n) is 3.82. The predicted molar refractivity (Wildman–Crippen MR) is 135 cm³/mol. The summed E-state index contributed by atoms with van der Waals surface area (Å²) in [7, 11) is 4.09. The molecular weight excluding hydrogens is 430 g/mol. The summed E-state index contributed by atoms with van der Waals surface area (Å²) < 4.78 is 30.0. The molecule has 0 aromatic heterocycles. The van der Waals surface area contributed by atoms with Crippen molar-refractivity contribution in [3.8, 4) is 0 Å². The minimum Gasteiger partial charge on any atom is -0.591 e. The Hall–Kier alpha value is -0.280. The molecule has 2 aliphatic rings. The number of rotatable bonds is 10. The van der Waals surface area contributed by atoms with Crippen LogP contribution in [0.25, 0.3) is 0 Å². The van der Waals surface area contributed by atoms with Crippen molar-refractivity contribution in [1.82, 2.24) is 4.90 Å². The summed E-state index contributed by atoms with van der Waals surface area (Å²) in [4.78, 5) is 7.13. The lowest BCUT2D eigenvalue weighted by molar-refractivity contribution is -0.111. The van der Waals surface area contributed by atoms with Crippen molar-refractivity contribution >= 4 is 34.0 Å². The Labute approximate surface area is 197 Å². The molecule has 1 aliphatic carbocycles. The van der Waals surface area contributed by atoms with Gasteiger partial charge in [0.05, 0.1) is 17.9 Å². The fourth-order valence-corrected chi connectivity index (χ4v) is 5.82. The minimum atomic E-state index is -1.28. The highest BCUT2D eigenvalue weighted by Crippen LogP contribution is 2.43. The normalized spacial score (nSPS) is 30.2. The molecule has 0 amide bonds. The number of nitrogens with zero attached hydrogens (tertiary/aromatic N) is 3. The number of hydrogen-bond donors (Lipinski definition) is 0. The van der Waals surface area contributed by atoms with Gasteiger partial charge in [0.1, 0.15) is 22.2 Å². The number of amidine groups is 1. The van der Waals surface area contributed by atoms with Gasteiger partial charge < -0.3 is 18.9 Å². The van der Waals surface area contributed by atoms with Crippen LogP contribution < -0.4 is 0 Å². The van der Waals surface area contributed by atoms with E-state index < -0.39 is 11.4 Å². The Kier molecular flexibility index (Phi) is 10.7. The zero-order chi connectivity index (χ0) is 23.2. The maximum absolute atomic E-state index is 12.8. The Balaban J connectivity index is 2.35. The highest BCUT2D eigenvalue weighted by Gasteiger charge is 2.51. The Morgan fingerprint density at radius 3 is 2.26 bits per heavy atom. The zero-order valence-corrected chi connectivity index (χ0v) is 22.4. The Bertz CT molecular complexity index is 622. The van der Waals surface area contributed by atoms with E-state index in [1.807, 2.05) is 53.6 Å². The van der Waals surface area contributed by atoms with Crippen molar-refractivity contribution in [3.05, 3.63) is 0 Å². The molecule has 0 aromatic rings. The molecule has 8 heteroatoms. The summed E-state index contributed by atoms with van der Waals surface area (Å²) in [6, 6.07) is 0.0862. The summed E-state index contributed by atoms with van der Waals surface area (Å²) in [5, 5.41) is 1.38. The van der Waals surface area contributed by atoms with Crippen LogP contribution in [0.15, 0.2) is 9.39 Å². The first-order valence-corrected chi connectivity index (χ1v) is 13.7. The van der Waals surface area contributed by atoms with E-state index in [1.165, 1.54) is 0 Å². The number of ether oxygens (including phenoxy) is 2. The van der Waals surface area contributed by atoms with Gasteiger partial charge in [-0.05, 0) is 47.0 Å². The maximum Gasteiger partial charge on any atom is 0.159 e. The van der Waals surface area contributed by atoms with Gasteiger partial charge in [0, 0.05) is 38.5 Å². The van der Waals surface area contributed by atoms with E-state index in [4.69, 9.17) is 14.5 Å². The molecular formula is C23H43N3O3S2. The van der Waals surface area contributed by atoms with Crippen LogP contribution in [-0.2, 0) is 20.8 Å². The summed E-state index contributed by atoms with van der Waals surface area (Å²) in [6.45, 7) is 13.7. The van der Waals surface area contributed by atoms with Gasteiger partial charge in [0.15, 0.2) is 5.17 Å². The molecule has 1 heterocycles. The van der Waals surface area contributed by atoms with E-state index in [0.717, 1.165) is 43.0 Å². The Morgan fingerprint density at radius 2 is 1.74 bits per heavy atom. The van der Waals surface area contributed by atoms with Crippen LogP contribution >= 0.6 is 11.8 Å². The van der Waals surface area contributed by atoms with Gasteiger partial charge in [-0.2, -0.15) is 0 Å². The third-order valence-corrected chi connectivity index (χ3v) is 8.68. The SMILES string of the molecule is CCCCO[C@@H]1[C@H]2N=C(N(C)C)S[C@H]2C[C@H](C(C)=N[S+]([O-])C(C)(C)C)[C@H]1OCCCC. The number of aliphatic imine (C=N–C) groups is 1. The van der Waals surface area contributed by atoms with E-state index in [9.17, 15) is 4.55 Å².